The fourth-order valence-corrected chi connectivity index (χ4v) is 7.26. The van der Waals surface area contributed by atoms with E-state index in [1.807, 2.05) is 30.3 Å². The number of halogens is 3. The third-order valence-electron chi connectivity index (χ3n) is 9.57. The van der Waals surface area contributed by atoms with Crippen molar-refractivity contribution in [2.24, 2.45) is 11.8 Å². The molecule has 1 aliphatic carbocycles. The van der Waals surface area contributed by atoms with E-state index in [-0.39, 0.29) is 12.0 Å². The molecule has 4 fully saturated rings. The maximum Gasteiger partial charge on any atom is 0.416 e. The van der Waals surface area contributed by atoms with Crippen LogP contribution in [-0.2, 0) is 29.7 Å². The van der Waals surface area contributed by atoms with Crippen LogP contribution in [0.5, 0.6) is 0 Å². The van der Waals surface area contributed by atoms with Crippen molar-refractivity contribution in [2.45, 2.75) is 76.0 Å². The fraction of sp³-hybridized carbons (Fsp3) is 0.531. The molecule has 214 valence electrons. The van der Waals surface area contributed by atoms with E-state index in [0.29, 0.717) is 25.0 Å². The van der Waals surface area contributed by atoms with Crippen molar-refractivity contribution >= 4 is 0 Å². The van der Waals surface area contributed by atoms with Gasteiger partial charge >= 0.3 is 6.18 Å². The molecule has 8 heteroatoms. The highest BCUT2D eigenvalue weighted by Gasteiger charge is 2.48. The minimum atomic E-state index is -4.33. The van der Waals surface area contributed by atoms with Crippen molar-refractivity contribution in [3.8, 4) is 0 Å². The molecule has 0 radical (unpaired) electrons. The predicted molar refractivity (Wildman–Crippen MR) is 144 cm³/mol. The van der Waals surface area contributed by atoms with Crippen molar-refractivity contribution in [3.63, 3.8) is 0 Å². The van der Waals surface area contributed by atoms with Crippen LogP contribution >= 0.6 is 0 Å². The van der Waals surface area contributed by atoms with Gasteiger partial charge in [-0.3, -0.25) is 0 Å². The molecule has 1 unspecified atom stereocenters. The number of nitrogens with zero attached hydrogens (tertiary/aromatic N) is 2. The zero-order chi connectivity index (χ0) is 27.8. The van der Waals surface area contributed by atoms with Crippen molar-refractivity contribution < 1.29 is 31.9 Å². The van der Waals surface area contributed by atoms with Gasteiger partial charge in [0.1, 0.15) is 19.2 Å². The zero-order valence-electron chi connectivity index (χ0n) is 22.8. The summed E-state index contributed by atoms with van der Waals surface area (Å²) >= 11 is 0. The van der Waals surface area contributed by atoms with E-state index < -0.39 is 17.3 Å². The highest BCUT2D eigenvalue weighted by atomic mass is 19.4. The molecule has 2 atom stereocenters. The van der Waals surface area contributed by atoms with E-state index in [4.69, 9.17) is 9.15 Å². The highest BCUT2D eigenvalue weighted by molar-refractivity contribution is 5.30. The average Bonchev–Trinajstić information content (AvgIpc) is 3.45. The van der Waals surface area contributed by atoms with Crippen LogP contribution in [0.25, 0.3) is 0 Å². The van der Waals surface area contributed by atoms with Crippen LogP contribution in [0.15, 0.2) is 65.2 Å². The van der Waals surface area contributed by atoms with Crippen LogP contribution in [-0.4, -0.2) is 40.3 Å². The Morgan fingerprint density at radius 3 is 2.27 bits per heavy atom. The summed E-state index contributed by atoms with van der Waals surface area (Å²) in [7, 11) is 0. The van der Waals surface area contributed by atoms with Gasteiger partial charge in [0.25, 0.3) is 0 Å². The first-order chi connectivity index (χ1) is 19.3. The summed E-state index contributed by atoms with van der Waals surface area (Å²) in [6.45, 7) is 3.90. The molecule has 0 amide bonds. The van der Waals surface area contributed by atoms with E-state index in [2.05, 4.69) is 4.98 Å². The molecule has 3 aromatic rings. The number of quaternary nitrogens is 1. The molecule has 40 heavy (non-hydrogen) atoms. The molecule has 3 aliphatic heterocycles. The molecule has 1 N–H and O–H groups in total. The Morgan fingerprint density at radius 2 is 1.60 bits per heavy atom. The number of benzene rings is 2. The molecule has 2 bridgehead atoms. The lowest BCUT2D eigenvalue weighted by Gasteiger charge is -2.52. The number of oxazole rings is 1. The Bertz CT molecular complexity index is 1260. The second-order valence-electron chi connectivity index (χ2n) is 12.1. The second-order valence-corrected chi connectivity index (χ2v) is 12.1. The van der Waals surface area contributed by atoms with Gasteiger partial charge in [-0.15, -0.1) is 0 Å². The van der Waals surface area contributed by atoms with Crippen LogP contribution < -0.4 is 0 Å². The number of piperidine rings is 3. The fourth-order valence-electron chi connectivity index (χ4n) is 7.26. The molecule has 0 spiro atoms. The maximum atomic E-state index is 12.9. The third kappa shape index (κ3) is 5.46. The Labute approximate surface area is 233 Å². The number of alkyl halides is 3. The standard InChI is InChI=1S/C32H38F3N2O3/c33-32(34,35)27-13-11-23(12-14-27)22-39-29-21-37(17-15-24(29)16-18-37)20-28-19-36-30(40-28)31(38,25-7-3-1-4-8-25)26-9-5-2-6-10-26/h1,3-4,7-8,11-14,19,24,26,29,38H,2,5-6,9-10,15-18,20-22H2/q+1/t24?,29?,31-,37?/m0/s1. The van der Waals surface area contributed by atoms with E-state index in [1.54, 1.807) is 6.20 Å². The summed E-state index contributed by atoms with van der Waals surface area (Å²) < 4.78 is 52.3. The molecule has 2 aromatic carbocycles. The van der Waals surface area contributed by atoms with Crippen LogP contribution in [0.2, 0.25) is 0 Å². The third-order valence-corrected chi connectivity index (χ3v) is 9.57. The van der Waals surface area contributed by atoms with Gasteiger partial charge < -0.3 is 18.7 Å². The van der Waals surface area contributed by atoms with Crippen molar-refractivity contribution in [2.75, 3.05) is 19.6 Å². The van der Waals surface area contributed by atoms with E-state index in [0.717, 1.165) is 91.7 Å². The first kappa shape index (κ1) is 27.5. The van der Waals surface area contributed by atoms with Crippen LogP contribution in [0, 0.1) is 11.8 Å². The van der Waals surface area contributed by atoms with Gasteiger partial charge in [0.15, 0.2) is 11.4 Å². The Kier molecular flexibility index (Phi) is 7.53. The Balaban J connectivity index is 1.16. The molecule has 5 nitrogen and oxygen atoms in total. The molecule has 3 saturated heterocycles. The van der Waals surface area contributed by atoms with Crippen molar-refractivity contribution in [1.29, 1.82) is 0 Å². The molecular weight excluding hydrogens is 517 g/mol. The minimum absolute atomic E-state index is 0.0516. The number of rotatable bonds is 8. The molecule has 4 heterocycles. The maximum absolute atomic E-state index is 12.9. The molecule has 4 aliphatic rings. The molecule has 7 rings (SSSR count). The largest absolute Gasteiger partial charge is 0.436 e. The van der Waals surface area contributed by atoms with Crippen LogP contribution in [0.3, 0.4) is 0 Å². The van der Waals surface area contributed by atoms with Gasteiger partial charge in [0.05, 0.1) is 31.5 Å². The lowest BCUT2D eigenvalue weighted by Crippen LogP contribution is -2.63. The van der Waals surface area contributed by atoms with Crippen molar-refractivity contribution in [3.05, 3.63) is 89.1 Å². The summed E-state index contributed by atoms with van der Waals surface area (Å²) in [5.74, 6) is 1.70. The first-order valence-corrected chi connectivity index (χ1v) is 14.6. The predicted octanol–water partition coefficient (Wildman–Crippen LogP) is 6.84. The van der Waals surface area contributed by atoms with E-state index >= 15 is 0 Å². The van der Waals surface area contributed by atoms with Crippen LogP contribution in [0.4, 0.5) is 13.2 Å². The first-order valence-electron chi connectivity index (χ1n) is 14.6. The van der Waals surface area contributed by atoms with Crippen molar-refractivity contribution in [1.82, 2.24) is 4.98 Å². The second kappa shape index (κ2) is 11.0. The Hall–Kier alpha value is -2.68. The van der Waals surface area contributed by atoms with Crippen LogP contribution in [0.1, 0.15) is 73.3 Å². The van der Waals surface area contributed by atoms with Gasteiger partial charge in [-0.1, -0.05) is 61.7 Å². The normalized spacial score (nSPS) is 27.0. The quantitative estimate of drug-likeness (QED) is 0.310. The number of aliphatic hydroxyl groups is 1. The number of aromatic nitrogens is 1. The zero-order valence-corrected chi connectivity index (χ0v) is 22.8. The SMILES string of the molecule is O[C@](c1ccccc1)(c1ncc(C[N+]23CCC(CC2)C(OCc2ccc(C(F)(F)F)cc2)C3)o1)C1CCCCC1. The molecule has 1 aromatic heterocycles. The van der Waals surface area contributed by atoms with Gasteiger partial charge in [-0.2, -0.15) is 13.2 Å². The number of ether oxygens (including phenoxy) is 1. The summed E-state index contributed by atoms with van der Waals surface area (Å²) in [4.78, 5) is 4.66. The minimum Gasteiger partial charge on any atom is -0.436 e. The summed E-state index contributed by atoms with van der Waals surface area (Å²) in [5.41, 5.74) is -0.309. The number of hydrogen-bond donors (Lipinski definition) is 1. The summed E-state index contributed by atoms with van der Waals surface area (Å²) in [5, 5.41) is 12.2. The van der Waals surface area contributed by atoms with Gasteiger partial charge in [-0.05, 0) is 36.1 Å². The van der Waals surface area contributed by atoms with Gasteiger partial charge in [-0.25, -0.2) is 4.98 Å². The molecule has 1 saturated carbocycles. The lowest BCUT2D eigenvalue weighted by atomic mass is 9.73. The average molecular weight is 556 g/mol. The summed E-state index contributed by atoms with van der Waals surface area (Å²) in [6, 6.07) is 15.0. The van der Waals surface area contributed by atoms with E-state index in [1.165, 1.54) is 18.6 Å². The summed E-state index contributed by atoms with van der Waals surface area (Å²) in [6.07, 6.45) is 4.90. The molecular formula is C32H38F3N2O3+. The van der Waals surface area contributed by atoms with Gasteiger partial charge in [0.2, 0.25) is 5.89 Å². The number of fused-ring (bicyclic) bond motifs is 3. The highest BCUT2D eigenvalue weighted by Crippen LogP contribution is 2.44. The number of hydrogen-bond acceptors (Lipinski definition) is 4. The van der Waals surface area contributed by atoms with Gasteiger partial charge in [0, 0.05) is 24.7 Å². The Morgan fingerprint density at radius 1 is 0.900 bits per heavy atom. The lowest BCUT2D eigenvalue weighted by molar-refractivity contribution is -0.959. The monoisotopic (exact) mass is 555 g/mol. The van der Waals surface area contributed by atoms with E-state index in [9.17, 15) is 18.3 Å². The topological polar surface area (TPSA) is 55.5 Å². The smallest absolute Gasteiger partial charge is 0.416 e.